The van der Waals surface area contributed by atoms with E-state index in [2.05, 4.69) is 41.0 Å². The summed E-state index contributed by atoms with van der Waals surface area (Å²) in [5.41, 5.74) is 0. The number of anilines is 1. The minimum Gasteiger partial charge on any atom is -0.464 e. The van der Waals surface area contributed by atoms with E-state index in [1.807, 2.05) is 6.92 Å². The summed E-state index contributed by atoms with van der Waals surface area (Å²) in [5, 5.41) is 3.89. The van der Waals surface area contributed by atoms with Crippen molar-refractivity contribution in [3.8, 4) is 6.01 Å². The lowest BCUT2D eigenvalue weighted by Gasteiger charge is -2.08. The van der Waals surface area contributed by atoms with E-state index in [9.17, 15) is 0 Å². The van der Waals surface area contributed by atoms with Gasteiger partial charge in [-0.1, -0.05) is 32.5 Å². The standard InChI is InChI=1S/C12H22N4OS/c1-5-7-13-10-14-11(17-6-2)16-12(15-10)18-8-9(3)4/h9H,5-8H2,1-4H3,(H,13,14,15,16). The van der Waals surface area contributed by atoms with Crippen molar-refractivity contribution in [1.29, 1.82) is 0 Å². The number of aromatic nitrogens is 3. The molecule has 0 fully saturated rings. The van der Waals surface area contributed by atoms with Crippen LogP contribution in [0.25, 0.3) is 0 Å². The van der Waals surface area contributed by atoms with Crippen molar-refractivity contribution >= 4 is 17.7 Å². The third-order valence-corrected chi connectivity index (χ3v) is 3.22. The molecule has 18 heavy (non-hydrogen) atoms. The Kier molecular flexibility index (Phi) is 6.78. The summed E-state index contributed by atoms with van der Waals surface area (Å²) in [7, 11) is 0. The SMILES string of the molecule is CCCNc1nc(OCC)nc(SCC(C)C)n1. The molecule has 1 rings (SSSR count). The molecule has 1 N–H and O–H groups in total. The van der Waals surface area contributed by atoms with Gasteiger partial charge in [-0.05, 0) is 19.3 Å². The van der Waals surface area contributed by atoms with Crippen LogP contribution in [0.1, 0.15) is 34.1 Å². The van der Waals surface area contributed by atoms with Crippen LogP contribution in [-0.4, -0.2) is 33.9 Å². The second-order valence-corrected chi connectivity index (χ2v) is 5.28. The van der Waals surface area contributed by atoms with E-state index < -0.39 is 0 Å². The molecular weight excluding hydrogens is 248 g/mol. The van der Waals surface area contributed by atoms with Crippen LogP contribution in [-0.2, 0) is 0 Å². The molecule has 5 nitrogen and oxygen atoms in total. The van der Waals surface area contributed by atoms with Crippen molar-refractivity contribution < 1.29 is 4.74 Å². The van der Waals surface area contributed by atoms with Gasteiger partial charge < -0.3 is 10.1 Å². The van der Waals surface area contributed by atoms with Gasteiger partial charge in [-0.2, -0.15) is 15.0 Å². The molecule has 0 saturated carbocycles. The van der Waals surface area contributed by atoms with Crippen LogP contribution in [0.5, 0.6) is 6.01 Å². The van der Waals surface area contributed by atoms with E-state index in [1.54, 1.807) is 11.8 Å². The van der Waals surface area contributed by atoms with Gasteiger partial charge in [-0.3, -0.25) is 0 Å². The number of hydrogen-bond acceptors (Lipinski definition) is 6. The molecule has 0 saturated heterocycles. The summed E-state index contributed by atoms with van der Waals surface area (Å²) in [6.45, 7) is 9.78. The number of nitrogens with zero attached hydrogens (tertiary/aromatic N) is 3. The molecule has 0 radical (unpaired) electrons. The Morgan fingerprint density at radius 1 is 1.22 bits per heavy atom. The van der Waals surface area contributed by atoms with Crippen molar-refractivity contribution in [2.24, 2.45) is 5.92 Å². The fraction of sp³-hybridized carbons (Fsp3) is 0.750. The fourth-order valence-corrected chi connectivity index (χ4v) is 1.93. The van der Waals surface area contributed by atoms with E-state index in [0.29, 0.717) is 24.5 Å². The smallest absolute Gasteiger partial charge is 0.322 e. The highest BCUT2D eigenvalue weighted by atomic mass is 32.2. The first-order chi connectivity index (χ1) is 8.65. The molecule has 0 amide bonds. The predicted molar refractivity (Wildman–Crippen MR) is 75.3 cm³/mol. The Hall–Kier alpha value is -1.04. The van der Waals surface area contributed by atoms with Crippen LogP contribution < -0.4 is 10.1 Å². The minimum absolute atomic E-state index is 0.400. The van der Waals surface area contributed by atoms with Gasteiger partial charge in [0.1, 0.15) is 0 Å². The van der Waals surface area contributed by atoms with E-state index in [-0.39, 0.29) is 0 Å². The zero-order chi connectivity index (χ0) is 13.4. The molecule has 0 aliphatic heterocycles. The van der Waals surface area contributed by atoms with Gasteiger partial charge in [-0.25, -0.2) is 0 Å². The summed E-state index contributed by atoms with van der Waals surface area (Å²) in [6.07, 6.45) is 1.03. The van der Waals surface area contributed by atoms with E-state index >= 15 is 0 Å². The van der Waals surface area contributed by atoms with E-state index in [4.69, 9.17) is 4.74 Å². The first-order valence-electron chi connectivity index (χ1n) is 6.41. The van der Waals surface area contributed by atoms with Gasteiger partial charge in [0.15, 0.2) is 5.16 Å². The lowest BCUT2D eigenvalue weighted by Crippen LogP contribution is -2.08. The molecular formula is C12H22N4OS. The highest BCUT2D eigenvalue weighted by Crippen LogP contribution is 2.19. The van der Waals surface area contributed by atoms with E-state index in [1.165, 1.54) is 0 Å². The molecule has 0 aliphatic rings. The van der Waals surface area contributed by atoms with Crippen LogP contribution in [0.4, 0.5) is 5.95 Å². The maximum Gasteiger partial charge on any atom is 0.322 e. The molecule has 0 aromatic carbocycles. The molecule has 0 atom stereocenters. The Labute approximate surface area is 113 Å². The van der Waals surface area contributed by atoms with Crippen LogP contribution in [0, 0.1) is 5.92 Å². The zero-order valence-corrected chi connectivity index (χ0v) is 12.4. The Morgan fingerprint density at radius 3 is 2.61 bits per heavy atom. The molecule has 1 aromatic rings. The molecule has 6 heteroatoms. The number of ether oxygens (including phenoxy) is 1. The number of hydrogen-bond donors (Lipinski definition) is 1. The maximum atomic E-state index is 5.36. The van der Waals surface area contributed by atoms with Gasteiger partial charge in [0, 0.05) is 12.3 Å². The van der Waals surface area contributed by atoms with Gasteiger partial charge >= 0.3 is 6.01 Å². The largest absolute Gasteiger partial charge is 0.464 e. The highest BCUT2D eigenvalue weighted by Gasteiger charge is 2.08. The summed E-state index contributed by atoms with van der Waals surface area (Å²) < 4.78 is 5.36. The van der Waals surface area contributed by atoms with Crippen molar-refractivity contribution in [3.63, 3.8) is 0 Å². The summed E-state index contributed by atoms with van der Waals surface area (Å²) in [4.78, 5) is 12.9. The maximum absolute atomic E-state index is 5.36. The van der Waals surface area contributed by atoms with Gasteiger partial charge in [0.2, 0.25) is 5.95 Å². The lowest BCUT2D eigenvalue weighted by atomic mass is 10.3. The van der Waals surface area contributed by atoms with Crippen LogP contribution in [0.15, 0.2) is 5.16 Å². The fourth-order valence-electron chi connectivity index (χ4n) is 1.15. The second-order valence-electron chi connectivity index (χ2n) is 4.29. The molecule has 0 spiro atoms. The third kappa shape index (κ3) is 5.53. The Morgan fingerprint density at radius 2 is 2.00 bits per heavy atom. The number of thioether (sulfide) groups is 1. The molecule has 0 aliphatic carbocycles. The predicted octanol–water partition coefficient (Wildman–Crippen LogP) is 2.84. The normalized spacial score (nSPS) is 10.7. The van der Waals surface area contributed by atoms with Crippen molar-refractivity contribution in [3.05, 3.63) is 0 Å². The molecule has 102 valence electrons. The molecule has 0 unspecified atom stereocenters. The molecule has 1 heterocycles. The first-order valence-corrected chi connectivity index (χ1v) is 7.39. The monoisotopic (exact) mass is 270 g/mol. The zero-order valence-electron chi connectivity index (χ0n) is 11.6. The summed E-state index contributed by atoms with van der Waals surface area (Å²) in [6, 6.07) is 0.400. The Bertz CT molecular complexity index is 360. The average Bonchev–Trinajstić information content (AvgIpc) is 2.34. The minimum atomic E-state index is 0.400. The number of nitrogens with one attached hydrogen (secondary N) is 1. The van der Waals surface area contributed by atoms with Crippen LogP contribution in [0.3, 0.4) is 0 Å². The van der Waals surface area contributed by atoms with Gasteiger partial charge in [-0.15, -0.1) is 0 Å². The number of rotatable bonds is 8. The first kappa shape index (κ1) is 15.0. The van der Waals surface area contributed by atoms with E-state index in [0.717, 1.165) is 23.9 Å². The quantitative estimate of drug-likeness (QED) is 0.733. The average molecular weight is 270 g/mol. The van der Waals surface area contributed by atoms with Gasteiger partial charge in [0.05, 0.1) is 6.61 Å². The molecule has 0 bridgehead atoms. The third-order valence-electron chi connectivity index (χ3n) is 1.95. The van der Waals surface area contributed by atoms with Crippen LogP contribution in [0.2, 0.25) is 0 Å². The van der Waals surface area contributed by atoms with Crippen LogP contribution >= 0.6 is 11.8 Å². The van der Waals surface area contributed by atoms with Gasteiger partial charge in [0.25, 0.3) is 0 Å². The highest BCUT2D eigenvalue weighted by molar-refractivity contribution is 7.99. The Balaban J connectivity index is 2.76. The van der Waals surface area contributed by atoms with Crippen molar-refractivity contribution in [1.82, 2.24) is 15.0 Å². The summed E-state index contributed by atoms with van der Waals surface area (Å²) in [5.74, 6) is 2.19. The van der Waals surface area contributed by atoms with Crippen molar-refractivity contribution in [2.75, 3.05) is 24.2 Å². The second kappa shape index (κ2) is 8.13. The van der Waals surface area contributed by atoms with Crippen molar-refractivity contribution in [2.45, 2.75) is 39.3 Å². The lowest BCUT2D eigenvalue weighted by molar-refractivity contribution is 0.308. The molecule has 1 aromatic heterocycles. The topological polar surface area (TPSA) is 59.9 Å². The summed E-state index contributed by atoms with van der Waals surface area (Å²) >= 11 is 1.63.